The summed E-state index contributed by atoms with van der Waals surface area (Å²) in [7, 11) is 0. The SMILES string of the molecule is C=CC(=O)N1C[C@@H]2C[C@H]1CN2c1ncnc2[nH]cc(C3CCOCC3)c12. The summed E-state index contributed by atoms with van der Waals surface area (Å²) in [6.45, 7) is 6.83. The van der Waals surface area contributed by atoms with Gasteiger partial charge < -0.3 is 19.5 Å². The van der Waals surface area contributed by atoms with E-state index in [2.05, 4.69) is 32.6 Å². The van der Waals surface area contributed by atoms with Crippen LogP contribution in [0.15, 0.2) is 25.2 Å². The van der Waals surface area contributed by atoms with Crippen LogP contribution in [-0.4, -0.2) is 64.1 Å². The molecule has 3 aliphatic heterocycles. The number of carbonyl (C=O) groups excluding carboxylic acids is 1. The van der Waals surface area contributed by atoms with Crippen molar-refractivity contribution in [3.8, 4) is 0 Å². The van der Waals surface area contributed by atoms with E-state index in [-0.39, 0.29) is 11.9 Å². The number of aromatic nitrogens is 3. The van der Waals surface area contributed by atoms with Gasteiger partial charge in [-0.15, -0.1) is 0 Å². The Morgan fingerprint density at radius 2 is 2.12 bits per heavy atom. The number of ether oxygens (including phenoxy) is 1. The fourth-order valence-electron chi connectivity index (χ4n) is 4.83. The second kappa shape index (κ2) is 6.09. The third kappa shape index (κ3) is 2.34. The van der Waals surface area contributed by atoms with E-state index < -0.39 is 0 Å². The maximum Gasteiger partial charge on any atom is 0.246 e. The smallest absolute Gasteiger partial charge is 0.246 e. The topological polar surface area (TPSA) is 74.4 Å². The molecule has 0 aliphatic carbocycles. The zero-order valence-corrected chi connectivity index (χ0v) is 14.7. The number of rotatable bonds is 3. The molecule has 2 atom stereocenters. The molecule has 2 aromatic rings. The molecule has 0 unspecified atom stereocenters. The molecule has 136 valence electrons. The molecule has 7 heteroatoms. The van der Waals surface area contributed by atoms with Crippen molar-refractivity contribution < 1.29 is 9.53 Å². The number of amides is 1. The predicted octanol–water partition coefficient (Wildman–Crippen LogP) is 1.83. The highest BCUT2D eigenvalue weighted by atomic mass is 16.5. The lowest BCUT2D eigenvalue weighted by molar-refractivity contribution is -0.127. The number of nitrogens with zero attached hydrogens (tertiary/aromatic N) is 4. The molecule has 0 aromatic carbocycles. The summed E-state index contributed by atoms with van der Waals surface area (Å²) in [4.78, 5) is 28.8. The van der Waals surface area contributed by atoms with Crippen LogP contribution in [0.3, 0.4) is 0 Å². The van der Waals surface area contributed by atoms with Crippen molar-refractivity contribution in [1.29, 1.82) is 0 Å². The Morgan fingerprint density at radius 3 is 2.85 bits per heavy atom. The lowest BCUT2D eigenvalue weighted by atomic mass is 9.92. The summed E-state index contributed by atoms with van der Waals surface area (Å²) >= 11 is 0. The van der Waals surface area contributed by atoms with Gasteiger partial charge >= 0.3 is 0 Å². The standard InChI is InChI=1S/C19H23N5O2/c1-2-16(25)23-9-14-7-13(23)10-24(14)19-17-15(12-3-5-26-6-4-12)8-20-18(17)21-11-22-19/h2,8,11-14H,1,3-7,9-10H2,(H,20,21,22)/t13-,14-/m0/s1. The van der Waals surface area contributed by atoms with Crippen molar-refractivity contribution in [2.75, 3.05) is 31.2 Å². The minimum Gasteiger partial charge on any atom is -0.381 e. The third-order valence-electron chi connectivity index (χ3n) is 6.11. The first-order valence-electron chi connectivity index (χ1n) is 9.35. The number of nitrogens with one attached hydrogen (secondary N) is 1. The van der Waals surface area contributed by atoms with Crippen molar-refractivity contribution in [3.63, 3.8) is 0 Å². The molecule has 2 bridgehead atoms. The Balaban J connectivity index is 1.50. The highest BCUT2D eigenvalue weighted by molar-refractivity contribution is 5.92. The molecule has 1 N–H and O–H groups in total. The molecule has 2 aromatic heterocycles. The van der Waals surface area contributed by atoms with Crippen LogP contribution in [0.2, 0.25) is 0 Å². The summed E-state index contributed by atoms with van der Waals surface area (Å²) in [6.07, 6.45) is 8.23. The Bertz CT molecular complexity index is 857. The highest BCUT2D eigenvalue weighted by Crippen LogP contribution is 2.40. The first-order chi connectivity index (χ1) is 12.8. The number of hydrogen-bond donors (Lipinski definition) is 1. The molecule has 5 heterocycles. The Labute approximate surface area is 152 Å². The van der Waals surface area contributed by atoms with Crippen molar-refractivity contribution in [2.24, 2.45) is 0 Å². The second-order valence-corrected chi connectivity index (χ2v) is 7.44. The number of H-pyrrole nitrogens is 1. The largest absolute Gasteiger partial charge is 0.381 e. The highest BCUT2D eigenvalue weighted by Gasteiger charge is 2.45. The van der Waals surface area contributed by atoms with Crippen LogP contribution >= 0.6 is 0 Å². The maximum absolute atomic E-state index is 12.0. The molecule has 7 nitrogen and oxygen atoms in total. The van der Waals surface area contributed by atoms with E-state index in [4.69, 9.17) is 4.74 Å². The van der Waals surface area contributed by atoms with Crippen molar-refractivity contribution in [3.05, 3.63) is 30.7 Å². The lowest BCUT2D eigenvalue weighted by Crippen LogP contribution is -2.48. The zero-order valence-electron chi connectivity index (χ0n) is 14.7. The monoisotopic (exact) mass is 353 g/mol. The van der Waals surface area contributed by atoms with Crippen LogP contribution in [0.5, 0.6) is 0 Å². The number of fused-ring (bicyclic) bond motifs is 3. The summed E-state index contributed by atoms with van der Waals surface area (Å²) in [6, 6.07) is 0.570. The minimum atomic E-state index is 0.0366. The number of anilines is 1. The summed E-state index contributed by atoms with van der Waals surface area (Å²) in [5.41, 5.74) is 2.21. The van der Waals surface area contributed by atoms with Gasteiger partial charge in [0.25, 0.3) is 0 Å². The number of likely N-dealkylation sites (tertiary alicyclic amines) is 1. The van der Waals surface area contributed by atoms with Crippen LogP contribution in [0.4, 0.5) is 5.82 Å². The molecule has 3 fully saturated rings. The van der Waals surface area contributed by atoms with Crippen LogP contribution in [-0.2, 0) is 9.53 Å². The lowest BCUT2D eigenvalue weighted by Gasteiger charge is -2.35. The van der Waals surface area contributed by atoms with Gasteiger partial charge in [-0.05, 0) is 36.8 Å². The quantitative estimate of drug-likeness (QED) is 0.852. The summed E-state index contributed by atoms with van der Waals surface area (Å²) in [5.74, 6) is 1.53. The summed E-state index contributed by atoms with van der Waals surface area (Å²) < 4.78 is 5.53. The van der Waals surface area contributed by atoms with E-state index in [1.807, 2.05) is 4.90 Å². The molecule has 0 saturated carbocycles. The van der Waals surface area contributed by atoms with Crippen LogP contribution in [0, 0.1) is 0 Å². The fraction of sp³-hybridized carbons (Fsp3) is 0.526. The Hall–Kier alpha value is -2.41. The van der Waals surface area contributed by atoms with Crippen molar-refractivity contribution in [2.45, 2.75) is 37.3 Å². The van der Waals surface area contributed by atoms with Crippen molar-refractivity contribution >= 4 is 22.8 Å². The minimum absolute atomic E-state index is 0.0366. The molecular weight excluding hydrogens is 330 g/mol. The van der Waals surface area contributed by atoms with Gasteiger partial charge in [0, 0.05) is 32.5 Å². The Morgan fingerprint density at radius 1 is 1.27 bits per heavy atom. The van der Waals surface area contributed by atoms with Crippen LogP contribution < -0.4 is 4.90 Å². The molecule has 1 amide bonds. The molecule has 26 heavy (non-hydrogen) atoms. The van der Waals surface area contributed by atoms with E-state index >= 15 is 0 Å². The van der Waals surface area contributed by atoms with Gasteiger partial charge in [0.1, 0.15) is 17.8 Å². The molecule has 0 radical (unpaired) electrons. The average Bonchev–Trinajstić information content (AvgIpc) is 3.41. The van der Waals surface area contributed by atoms with E-state index in [0.717, 1.165) is 62.4 Å². The van der Waals surface area contributed by atoms with E-state index in [0.29, 0.717) is 12.0 Å². The predicted molar refractivity (Wildman–Crippen MR) is 98.1 cm³/mol. The molecular formula is C19H23N5O2. The van der Waals surface area contributed by atoms with Crippen LogP contribution in [0.25, 0.3) is 11.0 Å². The van der Waals surface area contributed by atoms with E-state index in [9.17, 15) is 4.79 Å². The normalized spacial score (nSPS) is 26.0. The number of carbonyl (C=O) groups is 1. The third-order valence-corrected chi connectivity index (χ3v) is 6.11. The van der Waals surface area contributed by atoms with Gasteiger partial charge in [-0.25, -0.2) is 9.97 Å². The number of aromatic amines is 1. The zero-order chi connectivity index (χ0) is 17.7. The van der Waals surface area contributed by atoms with Crippen molar-refractivity contribution in [1.82, 2.24) is 19.9 Å². The van der Waals surface area contributed by atoms with Gasteiger partial charge in [-0.2, -0.15) is 0 Å². The van der Waals surface area contributed by atoms with E-state index in [1.165, 1.54) is 11.6 Å². The van der Waals surface area contributed by atoms with Gasteiger partial charge in [0.15, 0.2) is 0 Å². The van der Waals surface area contributed by atoms with Crippen LogP contribution in [0.1, 0.15) is 30.7 Å². The molecule has 3 aliphatic rings. The maximum atomic E-state index is 12.0. The second-order valence-electron chi connectivity index (χ2n) is 7.44. The number of hydrogen-bond acceptors (Lipinski definition) is 5. The molecule has 3 saturated heterocycles. The first kappa shape index (κ1) is 15.8. The summed E-state index contributed by atoms with van der Waals surface area (Å²) in [5, 5.41) is 1.15. The van der Waals surface area contributed by atoms with Gasteiger partial charge in [-0.1, -0.05) is 6.58 Å². The van der Waals surface area contributed by atoms with Gasteiger partial charge in [0.05, 0.1) is 17.5 Å². The van der Waals surface area contributed by atoms with Gasteiger partial charge in [0.2, 0.25) is 5.91 Å². The number of piperazine rings is 1. The molecule has 0 spiro atoms. The average molecular weight is 353 g/mol. The Kier molecular flexibility index (Phi) is 3.70. The fourth-order valence-corrected chi connectivity index (χ4v) is 4.83. The van der Waals surface area contributed by atoms with Gasteiger partial charge in [-0.3, -0.25) is 4.79 Å². The first-order valence-corrected chi connectivity index (χ1v) is 9.35. The van der Waals surface area contributed by atoms with E-state index in [1.54, 1.807) is 6.33 Å². The molecule has 5 rings (SSSR count).